The van der Waals surface area contributed by atoms with Gasteiger partial charge in [-0.15, -0.1) is 11.8 Å². The van der Waals surface area contributed by atoms with E-state index in [-0.39, 0.29) is 5.91 Å². The Morgan fingerprint density at radius 1 is 1.33 bits per heavy atom. The molecule has 0 saturated heterocycles. The molecule has 0 fully saturated rings. The molecule has 0 spiro atoms. The number of benzene rings is 2. The molecule has 0 aliphatic rings. The maximum atomic E-state index is 11.9. The van der Waals surface area contributed by atoms with E-state index in [4.69, 9.17) is 10.5 Å². The zero-order valence-electron chi connectivity index (χ0n) is 11.4. The molecule has 0 aliphatic carbocycles. The minimum Gasteiger partial charge on any atom is -0.496 e. The molecule has 2 rings (SSSR count). The van der Waals surface area contributed by atoms with Gasteiger partial charge in [0.15, 0.2) is 0 Å². The smallest absolute Gasteiger partial charge is 0.234 e. The first-order chi connectivity index (χ1) is 10.1. The van der Waals surface area contributed by atoms with Gasteiger partial charge in [-0.3, -0.25) is 4.79 Å². The molecule has 0 bridgehead atoms. The predicted molar refractivity (Wildman–Crippen MR) is 90.9 cm³/mol. The Bertz CT molecular complexity index is 649. The van der Waals surface area contributed by atoms with Gasteiger partial charge in [0.25, 0.3) is 0 Å². The predicted octanol–water partition coefficient (Wildman–Crippen LogP) is 3.77. The normalized spacial score (nSPS) is 10.2. The first kappa shape index (κ1) is 15.7. The standard InChI is InChI=1S/C15H15BrN2O2S/c1-20-13-7-6-10(8-11(13)16)18-15(19)9-21-14-5-3-2-4-12(14)17/h2-8H,9,17H2,1H3,(H,18,19). The second-order valence-electron chi connectivity index (χ2n) is 4.22. The van der Waals surface area contributed by atoms with Gasteiger partial charge in [0, 0.05) is 16.3 Å². The molecule has 0 saturated carbocycles. The van der Waals surface area contributed by atoms with E-state index < -0.39 is 0 Å². The van der Waals surface area contributed by atoms with E-state index in [0.29, 0.717) is 17.1 Å². The summed E-state index contributed by atoms with van der Waals surface area (Å²) >= 11 is 4.80. The third-order valence-corrected chi connectivity index (χ3v) is 4.42. The Balaban J connectivity index is 1.93. The molecule has 2 aromatic carbocycles. The number of carbonyl (C=O) groups is 1. The molecule has 0 aromatic heterocycles. The van der Waals surface area contributed by atoms with Gasteiger partial charge in [-0.2, -0.15) is 0 Å². The van der Waals surface area contributed by atoms with E-state index in [0.717, 1.165) is 15.1 Å². The highest BCUT2D eigenvalue weighted by molar-refractivity contribution is 9.10. The number of para-hydroxylation sites is 1. The van der Waals surface area contributed by atoms with Gasteiger partial charge < -0.3 is 15.8 Å². The van der Waals surface area contributed by atoms with Gasteiger partial charge in [-0.05, 0) is 46.3 Å². The number of rotatable bonds is 5. The lowest BCUT2D eigenvalue weighted by molar-refractivity contribution is -0.113. The highest BCUT2D eigenvalue weighted by Gasteiger charge is 2.07. The number of hydrogen-bond acceptors (Lipinski definition) is 4. The molecule has 0 unspecified atom stereocenters. The summed E-state index contributed by atoms with van der Waals surface area (Å²) < 4.78 is 5.94. The molecule has 6 heteroatoms. The molecular weight excluding hydrogens is 352 g/mol. The number of anilines is 2. The number of thioether (sulfide) groups is 1. The fourth-order valence-electron chi connectivity index (χ4n) is 1.70. The van der Waals surface area contributed by atoms with E-state index in [1.807, 2.05) is 24.3 Å². The van der Waals surface area contributed by atoms with Gasteiger partial charge in [-0.1, -0.05) is 12.1 Å². The van der Waals surface area contributed by atoms with Crippen LogP contribution in [0.15, 0.2) is 51.8 Å². The highest BCUT2D eigenvalue weighted by Crippen LogP contribution is 2.28. The lowest BCUT2D eigenvalue weighted by Crippen LogP contribution is -2.14. The zero-order chi connectivity index (χ0) is 15.2. The lowest BCUT2D eigenvalue weighted by Gasteiger charge is -2.09. The van der Waals surface area contributed by atoms with Gasteiger partial charge in [-0.25, -0.2) is 0 Å². The van der Waals surface area contributed by atoms with Crippen LogP contribution >= 0.6 is 27.7 Å². The number of nitrogens with two attached hydrogens (primary N) is 1. The number of methoxy groups -OCH3 is 1. The third-order valence-electron chi connectivity index (χ3n) is 2.71. The molecule has 110 valence electrons. The van der Waals surface area contributed by atoms with Crippen LogP contribution in [0.2, 0.25) is 0 Å². The van der Waals surface area contributed by atoms with E-state index >= 15 is 0 Å². The molecule has 0 radical (unpaired) electrons. The van der Waals surface area contributed by atoms with Crippen molar-refractivity contribution in [2.45, 2.75) is 4.90 Å². The molecule has 0 aliphatic heterocycles. The quantitative estimate of drug-likeness (QED) is 0.624. The first-order valence-electron chi connectivity index (χ1n) is 6.21. The van der Waals surface area contributed by atoms with Crippen LogP contribution in [-0.2, 0) is 4.79 Å². The molecule has 4 nitrogen and oxygen atoms in total. The summed E-state index contributed by atoms with van der Waals surface area (Å²) in [6, 6.07) is 12.9. The van der Waals surface area contributed by atoms with Crippen molar-refractivity contribution in [3.63, 3.8) is 0 Å². The minimum absolute atomic E-state index is 0.0830. The minimum atomic E-state index is -0.0830. The van der Waals surface area contributed by atoms with Crippen molar-refractivity contribution < 1.29 is 9.53 Å². The highest BCUT2D eigenvalue weighted by atomic mass is 79.9. The van der Waals surface area contributed by atoms with Crippen LogP contribution < -0.4 is 15.8 Å². The third kappa shape index (κ3) is 4.41. The number of hydrogen-bond donors (Lipinski definition) is 2. The summed E-state index contributed by atoms with van der Waals surface area (Å²) in [6.07, 6.45) is 0. The fraction of sp³-hybridized carbons (Fsp3) is 0.133. The average Bonchev–Trinajstić information content (AvgIpc) is 2.46. The van der Waals surface area contributed by atoms with Crippen molar-refractivity contribution in [1.82, 2.24) is 0 Å². The van der Waals surface area contributed by atoms with Gasteiger partial charge in [0.2, 0.25) is 5.91 Å². The topological polar surface area (TPSA) is 64.3 Å². The van der Waals surface area contributed by atoms with Gasteiger partial charge >= 0.3 is 0 Å². The Hall–Kier alpha value is -1.66. The molecular formula is C15H15BrN2O2S. The number of nitrogens with one attached hydrogen (secondary N) is 1. The summed E-state index contributed by atoms with van der Waals surface area (Å²) in [6.45, 7) is 0. The number of ether oxygens (including phenoxy) is 1. The largest absolute Gasteiger partial charge is 0.496 e. The van der Waals surface area contributed by atoms with Crippen molar-refractivity contribution in [2.24, 2.45) is 0 Å². The number of carbonyl (C=O) groups excluding carboxylic acids is 1. The van der Waals surface area contributed by atoms with E-state index in [1.165, 1.54) is 11.8 Å². The van der Waals surface area contributed by atoms with E-state index in [9.17, 15) is 4.79 Å². The lowest BCUT2D eigenvalue weighted by atomic mass is 10.3. The summed E-state index contributed by atoms with van der Waals surface area (Å²) in [5.74, 6) is 0.942. The van der Waals surface area contributed by atoms with Crippen molar-refractivity contribution in [3.8, 4) is 5.75 Å². The second-order valence-corrected chi connectivity index (χ2v) is 6.10. The van der Waals surface area contributed by atoms with Crippen LogP contribution in [0.4, 0.5) is 11.4 Å². The molecule has 0 heterocycles. The SMILES string of the molecule is COc1ccc(NC(=O)CSc2ccccc2N)cc1Br. The van der Waals surface area contributed by atoms with Crippen LogP contribution in [0, 0.1) is 0 Å². The van der Waals surface area contributed by atoms with Crippen LogP contribution in [0.5, 0.6) is 5.75 Å². The van der Waals surface area contributed by atoms with Crippen molar-refractivity contribution in [2.75, 3.05) is 23.9 Å². The Labute approximate surface area is 136 Å². The van der Waals surface area contributed by atoms with E-state index in [2.05, 4.69) is 21.2 Å². The monoisotopic (exact) mass is 366 g/mol. The van der Waals surface area contributed by atoms with Crippen LogP contribution in [0.1, 0.15) is 0 Å². The second kappa shape index (κ2) is 7.38. The zero-order valence-corrected chi connectivity index (χ0v) is 13.8. The molecule has 3 N–H and O–H groups in total. The maximum Gasteiger partial charge on any atom is 0.234 e. The maximum absolute atomic E-state index is 11.9. The van der Waals surface area contributed by atoms with Gasteiger partial charge in [0.05, 0.1) is 17.3 Å². The van der Waals surface area contributed by atoms with Crippen LogP contribution in [-0.4, -0.2) is 18.8 Å². The Kier molecular flexibility index (Phi) is 5.52. The summed E-state index contributed by atoms with van der Waals surface area (Å²) in [7, 11) is 1.60. The summed E-state index contributed by atoms with van der Waals surface area (Å²) in [5, 5.41) is 2.84. The van der Waals surface area contributed by atoms with Crippen LogP contribution in [0.25, 0.3) is 0 Å². The van der Waals surface area contributed by atoms with Gasteiger partial charge in [0.1, 0.15) is 5.75 Å². The van der Waals surface area contributed by atoms with E-state index in [1.54, 1.807) is 25.3 Å². The number of amides is 1. The average molecular weight is 367 g/mol. The molecule has 1 amide bonds. The summed E-state index contributed by atoms with van der Waals surface area (Å²) in [4.78, 5) is 12.8. The number of nitrogen functional groups attached to an aromatic ring is 1. The molecule has 0 atom stereocenters. The number of halogens is 1. The van der Waals surface area contributed by atoms with Crippen molar-refractivity contribution >= 4 is 45.0 Å². The van der Waals surface area contributed by atoms with Crippen molar-refractivity contribution in [3.05, 3.63) is 46.9 Å². The van der Waals surface area contributed by atoms with Crippen LogP contribution in [0.3, 0.4) is 0 Å². The summed E-state index contributed by atoms with van der Waals surface area (Å²) in [5.41, 5.74) is 7.24. The molecule has 2 aromatic rings. The van der Waals surface area contributed by atoms with Crippen molar-refractivity contribution in [1.29, 1.82) is 0 Å². The Morgan fingerprint density at radius 3 is 2.76 bits per heavy atom. The Morgan fingerprint density at radius 2 is 2.10 bits per heavy atom. The molecule has 21 heavy (non-hydrogen) atoms. The fourth-order valence-corrected chi connectivity index (χ4v) is 3.01. The first-order valence-corrected chi connectivity index (χ1v) is 7.98.